The molecule has 11 heavy (non-hydrogen) atoms. The number of aldehydes is 1. The van der Waals surface area contributed by atoms with Crippen LogP contribution < -0.4 is 5.73 Å². The van der Waals surface area contributed by atoms with Crippen LogP contribution in [0.4, 0.5) is 5.82 Å². The van der Waals surface area contributed by atoms with Gasteiger partial charge in [0, 0.05) is 0 Å². The smallest absolute Gasteiger partial charge is 0.172 e. The Hall–Kier alpha value is -0.870. The van der Waals surface area contributed by atoms with Crippen molar-refractivity contribution in [3.8, 4) is 0 Å². The van der Waals surface area contributed by atoms with E-state index in [1.165, 1.54) is 0 Å². The number of aromatic nitrogens is 2. The first-order chi connectivity index (χ1) is 5.15. The van der Waals surface area contributed by atoms with Gasteiger partial charge in [-0.05, 0) is 0 Å². The maximum absolute atomic E-state index is 10.2. The lowest BCUT2D eigenvalue weighted by atomic mass is 10.4. The lowest BCUT2D eigenvalue weighted by Gasteiger charge is -1.97. The number of nitrogens with zero attached hydrogens (tertiary/aromatic N) is 2. The number of halogens is 2. The van der Waals surface area contributed by atoms with Crippen molar-refractivity contribution in [1.82, 2.24) is 9.97 Å². The highest BCUT2D eigenvalue weighted by molar-refractivity contribution is 6.40. The van der Waals surface area contributed by atoms with Crippen molar-refractivity contribution in [1.29, 1.82) is 0 Å². The highest BCUT2D eigenvalue weighted by Crippen LogP contribution is 2.18. The second-order valence-corrected chi connectivity index (χ2v) is 2.41. The molecule has 0 aliphatic rings. The molecule has 2 N–H and O–H groups in total. The highest BCUT2D eigenvalue weighted by atomic mass is 35.5. The Morgan fingerprint density at radius 2 is 1.82 bits per heavy atom. The largest absolute Gasteiger partial charge is 0.382 e. The molecule has 0 spiro atoms. The lowest BCUT2D eigenvalue weighted by Crippen LogP contribution is -2.00. The molecule has 4 nitrogen and oxygen atoms in total. The van der Waals surface area contributed by atoms with E-state index < -0.39 is 0 Å². The summed E-state index contributed by atoms with van der Waals surface area (Å²) >= 11 is 10.9. The fraction of sp³-hybridized carbons (Fsp3) is 0. The standard InChI is InChI=1S/C5H3Cl2N3O/c6-3-4(7)10-5(8)2(1-11)9-3/h1H,(H2,8,10). The number of nitrogens with two attached hydrogens (primary N) is 1. The van der Waals surface area contributed by atoms with Crippen LogP contribution in [0.1, 0.15) is 10.5 Å². The average Bonchev–Trinajstić information content (AvgIpc) is 1.97. The molecule has 0 amide bonds. The van der Waals surface area contributed by atoms with Crippen molar-refractivity contribution in [2.45, 2.75) is 0 Å². The molecule has 1 rings (SSSR count). The molecule has 1 aromatic rings. The number of hydrogen-bond donors (Lipinski definition) is 1. The fourth-order valence-corrected chi connectivity index (χ4v) is 0.772. The van der Waals surface area contributed by atoms with Gasteiger partial charge in [-0.3, -0.25) is 4.79 Å². The summed E-state index contributed by atoms with van der Waals surface area (Å²) in [5.41, 5.74) is 5.25. The second-order valence-electron chi connectivity index (χ2n) is 1.69. The first-order valence-electron chi connectivity index (χ1n) is 2.59. The molecular weight excluding hydrogens is 189 g/mol. The molecule has 0 aliphatic carbocycles. The van der Waals surface area contributed by atoms with E-state index in [0.717, 1.165) is 0 Å². The van der Waals surface area contributed by atoms with Gasteiger partial charge in [0.15, 0.2) is 22.4 Å². The molecule has 0 atom stereocenters. The maximum Gasteiger partial charge on any atom is 0.172 e. The summed E-state index contributed by atoms with van der Waals surface area (Å²) in [6.45, 7) is 0. The molecule has 0 bridgehead atoms. The molecule has 0 aliphatic heterocycles. The van der Waals surface area contributed by atoms with Gasteiger partial charge in [-0.2, -0.15) is 0 Å². The molecule has 0 saturated heterocycles. The normalized spacial score (nSPS) is 9.64. The summed E-state index contributed by atoms with van der Waals surface area (Å²) in [6.07, 6.45) is 0.463. The van der Waals surface area contributed by atoms with Gasteiger partial charge >= 0.3 is 0 Å². The molecule has 1 aromatic heterocycles. The summed E-state index contributed by atoms with van der Waals surface area (Å²) < 4.78 is 0. The minimum atomic E-state index is -0.0250. The van der Waals surface area contributed by atoms with E-state index in [1.807, 2.05) is 0 Å². The minimum absolute atomic E-state index is 0.000556. The van der Waals surface area contributed by atoms with Crippen LogP contribution in [0.5, 0.6) is 0 Å². The third-order valence-electron chi connectivity index (χ3n) is 0.982. The Morgan fingerprint density at radius 1 is 1.27 bits per heavy atom. The average molecular weight is 192 g/mol. The number of hydrogen-bond acceptors (Lipinski definition) is 4. The van der Waals surface area contributed by atoms with E-state index >= 15 is 0 Å². The SMILES string of the molecule is Nc1nc(Cl)c(Cl)nc1C=O. The zero-order valence-electron chi connectivity index (χ0n) is 5.21. The molecule has 1 heterocycles. The monoisotopic (exact) mass is 191 g/mol. The molecule has 58 valence electrons. The quantitative estimate of drug-likeness (QED) is 0.678. The Kier molecular flexibility index (Phi) is 2.26. The van der Waals surface area contributed by atoms with Gasteiger partial charge in [-0.15, -0.1) is 0 Å². The molecule has 0 saturated carbocycles. The Balaban J connectivity index is 3.31. The summed E-state index contributed by atoms with van der Waals surface area (Å²) in [6, 6.07) is 0. The van der Waals surface area contributed by atoms with Crippen LogP contribution in [0, 0.1) is 0 Å². The van der Waals surface area contributed by atoms with Crippen molar-refractivity contribution < 1.29 is 4.79 Å². The van der Waals surface area contributed by atoms with Gasteiger partial charge in [-0.25, -0.2) is 9.97 Å². The summed E-state index contributed by atoms with van der Waals surface area (Å²) in [5.74, 6) is -0.0191. The first kappa shape index (κ1) is 8.23. The number of carbonyl (C=O) groups excluding carboxylic acids is 1. The molecule has 0 aromatic carbocycles. The molecule has 0 radical (unpaired) electrons. The van der Waals surface area contributed by atoms with Crippen molar-refractivity contribution in [2.24, 2.45) is 0 Å². The van der Waals surface area contributed by atoms with Gasteiger partial charge in [-0.1, -0.05) is 23.2 Å². The van der Waals surface area contributed by atoms with E-state index in [-0.39, 0.29) is 21.8 Å². The number of carbonyl (C=O) groups is 1. The van der Waals surface area contributed by atoms with E-state index in [4.69, 9.17) is 28.9 Å². The van der Waals surface area contributed by atoms with Crippen LogP contribution in [0.25, 0.3) is 0 Å². The van der Waals surface area contributed by atoms with Crippen LogP contribution in [0.3, 0.4) is 0 Å². The van der Waals surface area contributed by atoms with Crippen LogP contribution in [0.15, 0.2) is 0 Å². The Bertz CT molecular complexity index is 302. The first-order valence-corrected chi connectivity index (χ1v) is 3.34. The molecular formula is C5H3Cl2N3O. The van der Waals surface area contributed by atoms with E-state index in [1.54, 1.807) is 0 Å². The van der Waals surface area contributed by atoms with Crippen molar-refractivity contribution in [3.05, 3.63) is 16.0 Å². The van der Waals surface area contributed by atoms with Crippen LogP contribution in [0.2, 0.25) is 10.3 Å². The van der Waals surface area contributed by atoms with E-state index in [0.29, 0.717) is 6.29 Å². The van der Waals surface area contributed by atoms with Gasteiger partial charge in [0.2, 0.25) is 0 Å². The van der Waals surface area contributed by atoms with Crippen molar-refractivity contribution in [3.63, 3.8) is 0 Å². The second kappa shape index (κ2) is 3.02. The Labute approximate surface area is 72.3 Å². The fourth-order valence-electron chi connectivity index (χ4n) is 0.505. The summed E-state index contributed by atoms with van der Waals surface area (Å²) in [4.78, 5) is 17.3. The molecule has 0 fully saturated rings. The lowest BCUT2D eigenvalue weighted by molar-refractivity contribution is 0.111. The van der Waals surface area contributed by atoms with Crippen LogP contribution >= 0.6 is 23.2 Å². The predicted octanol–water partition coefficient (Wildman–Crippen LogP) is 1.18. The minimum Gasteiger partial charge on any atom is -0.382 e. The van der Waals surface area contributed by atoms with Crippen molar-refractivity contribution in [2.75, 3.05) is 5.73 Å². The maximum atomic E-state index is 10.2. The third kappa shape index (κ3) is 1.58. The summed E-state index contributed by atoms with van der Waals surface area (Å²) in [5, 5.41) is -0.0299. The summed E-state index contributed by atoms with van der Waals surface area (Å²) in [7, 11) is 0. The van der Waals surface area contributed by atoms with Crippen molar-refractivity contribution >= 4 is 35.3 Å². The molecule has 6 heteroatoms. The Morgan fingerprint density at radius 3 is 2.36 bits per heavy atom. The van der Waals surface area contributed by atoms with E-state index in [2.05, 4.69) is 9.97 Å². The van der Waals surface area contributed by atoms with Gasteiger partial charge in [0.25, 0.3) is 0 Å². The topological polar surface area (TPSA) is 68.9 Å². The predicted molar refractivity (Wildman–Crippen MR) is 41.9 cm³/mol. The van der Waals surface area contributed by atoms with Gasteiger partial charge in [0.1, 0.15) is 5.69 Å². The third-order valence-corrected chi connectivity index (χ3v) is 1.61. The zero-order chi connectivity index (χ0) is 8.43. The van der Waals surface area contributed by atoms with Gasteiger partial charge in [0.05, 0.1) is 0 Å². The number of anilines is 1. The number of nitrogen functional groups attached to an aromatic ring is 1. The van der Waals surface area contributed by atoms with E-state index in [9.17, 15) is 4.79 Å². The zero-order valence-corrected chi connectivity index (χ0v) is 6.73. The number of rotatable bonds is 1. The highest BCUT2D eigenvalue weighted by Gasteiger charge is 2.06. The molecule has 0 unspecified atom stereocenters. The van der Waals surface area contributed by atoms with Crippen LogP contribution in [-0.4, -0.2) is 16.3 Å². The van der Waals surface area contributed by atoms with Gasteiger partial charge < -0.3 is 5.73 Å². The van der Waals surface area contributed by atoms with Crippen LogP contribution in [-0.2, 0) is 0 Å².